The number of aliphatic hydroxyl groups is 1. The molecule has 0 aromatic heterocycles. The number of aliphatic hydroxyl groups excluding tert-OH is 1. The average molecular weight is 581 g/mol. The number of amides is 3. The van der Waals surface area contributed by atoms with E-state index in [0.717, 1.165) is 38.3 Å². The van der Waals surface area contributed by atoms with Crippen molar-refractivity contribution in [2.24, 2.45) is 11.8 Å². The van der Waals surface area contributed by atoms with Crippen LogP contribution in [-0.4, -0.2) is 85.0 Å². The predicted octanol–water partition coefficient (Wildman–Crippen LogP) is 5.47. The van der Waals surface area contributed by atoms with E-state index in [-0.39, 0.29) is 30.6 Å². The maximum atomic E-state index is 14.2. The first-order chi connectivity index (χ1) is 20.2. The molecule has 3 amide bonds. The fourth-order valence-electron chi connectivity index (χ4n) is 5.40. The van der Waals surface area contributed by atoms with E-state index in [4.69, 9.17) is 9.47 Å². The molecule has 0 spiro atoms. The first-order valence-electron chi connectivity index (χ1n) is 15.4. The molecule has 0 bridgehead atoms. The Labute approximate surface area is 250 Å². The number of nitrogens with one attached hydrogen (secondary N) is 2. The van der Waals surface area contributed by atoms with Crippen molar-refractivity contribution in [2.45, 2.75) is 71.1 Å². The van der Waals surface area contributed by atoms with Crippen molar-refractivity contribution in [1.82, 2.24) is 9.80 Å². The molecule has 2 aliphatic rings. The summed E-state index contributed by atoms with van der Waals surface area (Å²) in [7, 11) is 2.15. The molecule has 0 unspecified atom stereocenters. The second-order valence-corrected chi connectivity index (χ2v) is 12.1. The molecule has 4 atom stereocenters. The van der Waals surface area contributed by atoms with Crippen LogP contribution < -0.4 is 15.4 Å². The van der Waals surface area contributed by atoms with Crippen molar-refractivity contribution in [3.63, 3.8) is 0 Å². The lowest BCUT2D eigenvalue weighted by Crippen LogP contribution is -2.47. The van der Waals surface area contributed by atoms with Crippen molar-refractivity contribution in [3.8, 4) is 5.75 Å². The van der Waals surface area contributed by atoms with Crippen LogP contribution in [0, 0.1) is 11.8 Å². The highest BCUT2D eigenvalue weighted by Crippen LogP contribution is 2.31. The standard InChI is InChI=1S/C33H48N4O5/c1-23-19-37(24(2)22-38)32(39)29-18-28(35-33(40)34-27-11-6-5-7-12-27)15-16-30(29)42-25(3)10-8-9-17-41-31(23)21-36(4)20-26-13-14-26/h5-7,11-12,15-16,18,23-26,31,38H,8-10,13-14,17,19-22H2,1-4H3,(H2,34,35,40)/t23-,24+,25-,31-/m1/s1. The molecular formula is C33H48N4O5. The summed E-state index contributed by atoms with van der Waals surface area (Å²) >= 11 is 0. The number of carbonyl (C=O) groups excluding carboxylic acids is 2. The Hall–Kier alpha value is -3.14. The highest BCUT2D eigenvalue weighted by Gasteiger charge is 2.31. The molecule has 9 nitrogen and oxygen atoms in total. The molecule has 1 fully saturated rings. The van der Waals surface area contributed by atoms with Crippen molar-refractivity contribution >= 4 is 23.3 Å². The number of carbonyl (C=O) groups is 2. The molecule has 9 heteroatoms. The van der Waals surface area contributed by atoms with Crippen LogP contribution in [0.5, 0.6) is 5.75 Å². The van der Waals surface area contributed by atoms with E-state index < -0.39 is 12.1 Å². The summed E-state index contributed by atoms with van der Waals surface area (Å²) in [4.78, 5) is 31.0. The van der Waals surface area contributed by atoms with Gasteiger partial charge in [0.1, 0.15) is 5.75 Å². The molecule has 1 aliphatic heterocycles. The first kappa shape index (κ1) is 31.8. The molecule has 2 aromatic rings. The molecule has 3 N–H and O–H groups in total. The van der Waals surface area contributed by atoms with Gasteiger partial charge in [-0.05, 0) is 89.2 Å². The van der Waals surface area contributed by atoms with Gasteiger partial charge in [-0.25, -0.2) is 4.79 Å². The van der Waals surface area contributed by atoms with Crippen molar-refractivity contribution in [1.29, 1.82) is 0 Å². The monoisotopic (exact) mass is 580 g/mol. The minimum Gasteiger partial charge on any atom is -0.490 e. The zero-order chi connectivity index (χ0) is 30.1. The number of hydrogen-bond acceptors (Lipinski definition) is 6. The Kier molecular flexibility index (Phi) is 11.6. The van der Waals surface area contributed by atoms with Gasteiger partial charge in [0.25, 0.3) is 5.91 Å². The Morgan fingerprint density at radius 2 is 1.79 bits per heavy atom. The number of ether oxygens (including phenoxy) is 2. The van der Waals surface area contributed by atoms with Crippen LogP contribution in [0.15, 0.2) is 48.5 Å². The topological polar surface area (TPSA) is 103 Å². The summed E-state index contributed by atoms with van der Waals surface area (Å²) in [5, 5.41) is 15.8. The fourth-order valence-corrected chi connectivity index (χ4v) is 5.40. The Morgan fingerprint density at radius 3 is 2.50 bits per heavy atom. The van der Waals surface area contributed by atoms with Gasteiger partial charge in [0.2, 0.25) is 0 Å². The third-order valence-corrected chi connectivity index (χ3v) is 8.10. The van der Waals surface area contributed by atoms with E-state index in [1.165, 1.54) is 12.8 Å². The summed E-state index contributed by atoms with van der Waals surface area (Å²) < 4.78 is 12.7. The van der Waals surface area contributed by atoms with E-state index in [0.29, 0.717) is 35.8 Å². The predicted molar refractivity (Wildman–Crippen MR) is 166 cm³/mol. The number of urea groups is 1. The number of benzene rings is 2. The largest absolute Gasteiger partial charge is 0.490 e. The average Bonchev–Trinajstić information content (AvgIpc) is 3.79. The zero-order valence-electron chi connectivity index (χ0n) is 25.6. The maximum absolute atomic E-state index is 14.2. The van der Waals surface area contributed by atoms with E-state index in [2.05, 4.69) is 29.5 Å². The number of rotatable bonds is 8. The lowest BCUT2D eigenvalue weighted by molar-refractivity contribution is -0.0172. The first-order valence-corrected chi connectivity index (χ1v) is 15.4. The molecule has 42 heavy (non-hydrogen) atoms. The molecule has 1 heterocycles. The van der Waals surface area contributed by atoms with Crippen molar-refractivity contribution < 1.29 is 24.2 Å². The van der Waals surface area contributed by atoms with Gasteiger partial charge in [0.05, 0.1) is 30.4 Å². The van der Waals surface area contributed by atoms with E-state index in [1.54, 1.807) is 35.2 Å². The molecule has 2 aromatic carbocycles. The highest BCUT2D eigenvalue weighted by molar-refractivity contribution is 6.02. The van der Waals surface area contributed by atoms with Crippen LogP contribution in [0.2, 0.25) is 0 Å². The lowest BCUT2D eigenvalue weighted by Gasteiger charge is -2.36. The van der Waals surface area contributed by atoms with Gasteiger partial charge in [0.15, 0.2) is 0 Å². The number of hydrogen-bond donors (Lipinski definition) is 3. The summed E-state index contributed by atoms with van der Waals surface area (Å²) in [5.74, 6) is 1.04. The van der Waals surface area contributed by atoms with Gasteiger partial charge < -0.3 is 35.0 Å². The smallest absolute Gasteiger partial charge is 0.323 e. The molecule has 0 saturated heterocycles. The maximum Gasteiger partial charge on any atom is 0.323 e. The van der Waals surface area contributed by atoms with Gasteiger partial charge in [-0.1, -0.05) is 25.1 Å². The van der Waals surface area contributed by atoms with Crippen LogP contribution in [0.25, 0.3) is 0 Å². The van der Waals surface area contributed by atoms with E-state index in [9.17, 15) is 14.7 Å². The van der Waals surface area contributed by atoms with Crippen LogP contribution in [0.1, 0.15) is 63.2 Å². The van der Waals surface area contributed by atoms with Gasteiger partial charge in [-0.3, -0.25) is 4.79 Å². The summed E-state index contributed by atoms with van der Waals surface area (Å²) in [6.07, 6.45) is 5.16. The highest BCUT2D eigenvalue weighted by atomic mass is 16.5. The molecule has 4 rings (SSSR count). The third-order valence-electron chi connectivity index (χ3n) is 8.10. The Balaban J connectivity index is 1.59. The van der Waals surface area contributed by atoms with Gasteiger partial charge in [-0.15, -0.1) is 0 Å². The Bertz CT molecular complexity index is 1160. The number of para-hydroxylation sites is 1. The number of nitrogens with zero attached hydrogens (tertiary/aromatic N) is 2. The van der Waals surface area contributed by atoms with E-state index in [1.807, 2.05) is 32.0 Å². The molecule has 0 radical (unpaired) electrons. The zero-order valence-corrected chi connectivity index (χ0v) is 25.6. The number of likely N-dealkylation sites (N-methyl/N-ethyl adjacent to an activating group) is 1. The van der Waals surface area contributed by atoms with Crippen LogP contribution in [0.3, 0.4) is 0 Å². The van der Waals surface area contributed by atoms with Gasteiger partial charge in [-0.2, -0.15) is 0 Å². The normalized spacial score (nSPS) is 23.0. The van der Waals surface area contributed by atoms with E-state index >= 15 is 0 Å². The third kappa shape index (κ3) is 9.44. The number of anilines is 2. The van der Waals surface area contributed by atoms with Gasteiger partial charge >= 0.3 is 6.03 Å². The molecule has 1 aliphatic carbocycles. The second-order valence-electron chi connectivity index (χ2n) is 12.1. The Morgan fingerprint density at radius 1 is 1.05 bits per heavy atom. The molecule has 1 saturated carbocycles. The summed E-state index contributed by atoms with van der Waals surface area (Å²) in [6, 6.07) is 13.5. The van der Waals surface area contributed by atoms with Crippen molar-refractivity contribution in [2.75, 3.05) is 50.5 Å². The summed E-state index contributed by atoms with van der Waals surface area (Å²) in [5.41, 5.74) is 1.49. The molecule has 230 valence electrons. The summed E-state index contributed by atoms with van der Waals surface area (Å²) in [6.45, 7) is 8.76. The lowest BCUT2D eigenvalue weighted by atomic mass is 10.0. The van der Waals surface area contributed by atoms with Crippen LogP contribution in [-0.2, 0) is 4.74 Å². The van der Waals surface area contributed by atoms with Crippen LogP contribution in [0.4, 0.5) is 16.2 Å². The van der Waals surface area contributed by atoms with Crippen molar-refractivity contribution in [3.05, 3.63) is 54.1 Å². The van der Waals surface area contributed by atoms with Gasteiger partial charge in [0, 0.05) is 43.5 Å². The SMILES string of the molecule is C[C@@H]1CCCCO[C@H](CN(C)CC2CC2)[C@H](C)CN([C@@H](C)CO)C(=O)c2cc(NC(=O)Nc3ccccc3)ccc2O1. The minimum absolute atomic E-state index is 0.0359. The molecular weight excluding hydrogens is 532 g/mol. The quantitative estimate of drug-likeness (QED) is 0.383. The second kappa shape index (κ2) is 15.4. The fraction of sp³-hybridized carbons (Fsp3) is 0.576. The number of fused-ring (bicyclic) bond motifs is 1. The minimum atomic E-state index is -0.416. The van der Waals surface area contributed by atoms with Crippen LogP contribution >= 0.6 is 0 Å².